The number of rotatable bonds is 34. The van der Waals surface area contributed by atoms with Gasteiger partial charge in [0.1, 0.15) is 0 Å². The van der Waals surface area contributed by atoms with Gasteiger partial charge in [-0.3, -0.25) is 0 Å². The summed E-state index contributed by atoms with van der Waals surface area (Å²) in [4.78, 5) is 2.38. The fraction of sp³-hybridized carbons (Fsp3) is 0.491. The molecule has 1 fully saturated rings. The van der Waals surface area contributed by atoms with Crippen molar-refractivity contribution in [2.45, 2.75) is 156 Å². The van der Waals surface area contributed by atoms with Crippen molar-refractivity contribution in [2.24, 2.45) is 23.5 Å². The van der Waals surface area contributed by atoms with E-state index in [2.05, 4.69) is 168 Å². The molecule has 0 spiro atoms. The van der Waals surface area contributed by atoms with Gasteiger partial charge in [-0.25, -0.2) is 0 Å². The van der Waals surface area contributed by atoms with E-state index in [-0.39, 0.29) is 66.6 Å². The van der Waals surface area contributed by atoms with Crippen molar-refractivity contribution < 1.29 is 0 Å². The van der Waals surface area contributed by atoms with Crippen LogP contribution in [-0.4, -0.2) is 59.8 Å². The molecule has 10 heteroatoms. The van der Waals surface area contributed by atoms with Gasteiger partial charge in [-0.15, -0.1) is 6.58 Å². The van der Waals surface area contributed by atoms with Gasteiger partial charge in [0.2, 0.25) is 0 Å². The summed E-state index contributed by atoms with van der Waals surface area (Å²) in [5.41, 5.74) is 16.6. The van der Waals surface area contributed by atoms with Gasteiger partial charge < -0.3 is 47.9 Å². The third-order valence-corrected chi connectivity index (χ3v) is 12.4. The van der Waals surface area contributed by atoms with Crippen LogP contribution in [0.15, 0.2) is 165 Å². The lowest BCUT2D eigenvalue weighted by Crippen LogP contribution is -2.50. The van der Waals surface area contributed by atoms with Gasteiger partial charge in [-0.1, -0.05) is 149 Å². The number of likely N-dealkylation sites (tertiary alicyclic amines) is 1. The maximum absolute atomic E-state index is 9.89. The molecule has 1 aliphatic heterocycles. The van der Waals surface area contributed by atoms with Crippen LogP contribution in [0.25, 0.3) is 0 Å². The summed E-state index contributed by atoms with van der Waals surface area (Å²) in [5.74, 6) is 0.743. The molecule has 8 atom stereocenters. The van der Waals surface area contributed by atoms with Crippen molar-refractivity contribution in [2.75, 3.05) is 6.54 Å². The number of nitrogens with two attached hydrogens (primary N) is 1. The molecule has 0 radical (unpaired) electrons. The largest absolute Gasteiger partial charge is 0.403 e. The Morgan fingerprint density at radius 2 is 1.18 bits per heavy atom. The first-order valence-electron chi connectivity index (χ1n) is 24.1. The third-order valence-electron chi connectivity index (χ3n) is 12.4. The van der Waals surface area contributed by atoms with Gasteiger partial charge >= 0.3 is 0 Å². The highest BCUT2D eigenvalue weighted by Crippen LogP contribution is 2.30. The van der Waals surface area contributed by atoms with Gasteiger partial charge in [-0.2, -0.15) is 5.26 Å². The fourth-order valence-electron chi connectivity index (χ4n) is 8.69. The molecule has 9 N–H and O–H groups in total. The summed E-state index contributed by atoms with van der Waals surface area (Å²) in [7, 11) is 0. The zero-order valence-corrected chi connectivity index (χ0v) is 43.1. The molecular formula is C57H90N10. The summed E-state index contributed by atoms with van der Waals surface area (Å²) >= 11 is 0. The minimum absolute atomic E-state index is 0.0193. The second-order valence-electron chi connectivity index (χ2n) is 19.9. The highest BCUT2D eigenvalue weighted by atomic mass is 15.2. The number of hydrogen-bond donors (Lipinski definition) is 8. The van der Waals surface area contributed by atoms with E-state index < -0.39 is 0 Å². The number of nitriles is 1. The number of nitrogens with zero attached hydrogens (tertiary/aromatic N) is 2. The van der Waals surface area contributed by atoms with Gasteiger partial charge in [-0.05, 0) is 82.6 Å². The Bertz CT molecular complexity index is 1980. The number of allylic oxidation sites excluding steroid dienone is 2. The number of benzene rings is 1. The van der Waals surface area contributed by atoms with Gasteiger partial charge in [0, 0.05) is 63.9 Å². The van der Waals surface area contributed by atoms with E-state index in [1.807, 2.05) is 39.0 Å². The molecule has 0 aliphatic carbocycles. The van der Waals surface area contributed by atoms with E-state index >= 15 is 0 Å². The molecule has 10 nitrogen and oxygen atoms in total. The van der Waals surface area contributed by atoms with Crippen LogP contribution in [0.5, 0.6) is 0 Å². The Kier molecular flexibility index (Phi) is 23.6. The van der Waals surface area contributed by atoms with E-state index in [9.17, 15) is 5.26 Å². The van der Waals surface area contributed by atoms with Gasteiger partial charge in [0.05, 0.1) is 54.8 Å². The van der Waals surface area contributed by atoms with E-state index in [1.165, 1.54) is 0 Å². The molecule has 1 heterocycles. The van der Waals surface area contributed by atoms with E-state index in [0.29, 0.717) is 37.3 Å². The molecule has 0 bridgehead atoms. The van der Waals surface area contributed by atoms with E-state index in [0.717, 1.165) is 81.7 Å². The van der Waals surface area contributed by atoms with Crippen LogP contribution in [0.4, 0.5) is 0 Å². The Morgan fingerprint density at radius 1 is 0.657 bits per heavy atom. The average molecular weight is 915 g/mol. The smallest absolute Gasteiger partial charge is 0.0781 e. The fourth-order valence-corrected chi connectivity index (χ4v) is 8.69. The van der Waals surface area contributed by atoms with Crippen molar-refractivity contribution in [3.05, 3.63) is 171 Å². The lowest BCUT2D eigenvalue weighted by molar-refractivity contribution is 0.285. The Hall–Kier alpha value is -5.95. The summed E-state index contributed by atoms with van der Waals surface area (Å²) in [6.07, 6.45) is 4.69. The Morgan fingerprint density at radius 3 is 1.70 bits per heavy atom. The quantitative estimate of drug-likeness (QED) is 0.0316. The molecule has 0 aromatic heterocycles. The second-order valence-corrected chi connectivity index (χ2v) is 19.9. The van der Waals surface area contributed by atoms with E-state index in [4.69, 9.17) is 12.3 Å². The van der Waals surface area contributed by atoms with Crippen molar-refractivity contribution in [3.8, 4) is 6.07 Å². The average Bonchev–Trinajstić information content (AvgIpc) is 3.74. The standard InChI is InChI=1S/C57H90N10/c1-35(2)33-52(64-47(19)56(38(7)8)60-40(11)12)44(16)61-50(29-28-41(13)59)42(14)66-57(39(9)10)48(20)67-32-24-27-54(67)46(18)63-53(34-49-25-22-21-23-26-49)45(17)62-51(30-31-58)43(15)65-55(36(3)4)37(5)6/h21-23,25-26,37-39,50-57,60-66H,1,3,11,13-20,24,27-30,32-34,59H2,2,4-10,12H3. The predicted octanol–water partition coefficient (Wildman–Crippen LogP) is 10.2. The SMILES string of the molecule is C=C(C)CC(NC(=C)C(NC(=C)C)C(C)C)C(=C)NC(CCC(=C)N)C(=C)NC(C(=C)N1CCCC1C(=C)NC(Cc1ccccc1)C(=C)NC(CC#N)C(=C)NC(C(=C)C)C(C)C)C(C)C. The molecule has 67 heavy (non-hydrogen) atoms. The highest BCUT2D eigenvalue weighted by Gasteiger charge is 2.34. The first-order valence-corrected chi connectivity index (χ1v) is 24.1. The molecular weight excluding hydrogens is 825 g/mol. The lowest BCUT2D eigenvalue weighted by atomic mass is 9.96. The molecule has 1 aromatic rings. The molecule has 1 aliphatic rings. The van der Waals surface area contributed by atoms with Crippen LogP contribution in [0.2, 0.25) is 0 Å². The van der Waals surface area contributed by atoms with Crippen LogP contribution in [-0.2, 0) is 6.42 Å². The van der Waals surface area contributed by atoms with E-state index in [1.54, 1.807) is 0 Å². The summed E-state index contributed by atoms with van der Waals surface area (Å²) in [6.45, 7) is 68.2. The van der Waals surface area contributed by atoms with Crippen LogP contribution >= 0.6 is 0 Å². The zero-order chi connectivity index (χ0) is 50.7. The Labute approximate surface area is 408 Å². The molecule has 1 saturated heterocycles. The minimum atomic E-state index is -0.368. The lowest BCUT2D eigenvalue weighted by Gasteiger charge is -2.39. The van der Waals surface area contributed by atoms with Crippen LogP contribution < -0.4 is 43.0 Å². The predicted molar refractivity (Wildman–Crippen MR) is 289 cm³/mol. The van der Waals surface area contributed by atoms with Crippen LogP contribution in [0.3, 0.4) is 0 Å². The molecule has 1 aromatic carbocycles. The first-order chi connectivity index (χ1) is 31.4. The normalized spacial score (nSPS) is 16.5. The third kappa shape index (κ3) is 18.7. The zero-order valence-electron chi connectivity index (χ0n) is 43.1. The monoisotopic (exact) mass is 915 g/mol. The molecule has 368 valence electrons. The summed E-state index contributed by atoms with van der Waals surface area (Å²) < 4.78 is 0. The first kappa shape index (κ1) is 57.2. The summed E-state index contributed by atoms with van der Waals surface area (Å²) in [6, 6.07) is 11.5. The van der Waals surface area contributed by atoms with Crippen LogP contribution in [0, 0.1) is 29.1 Å². The van der Waals surface area contributed by atoms with Gasteiger partial charge in [0.15, 0.2) is 0 Å². The highest BCUT2D eigenvalue weighted by molar-refractivity contribution is 5.27. The maximum atomic E-state index is 9.89. The molecule has 2 rings (SSSR count). The van der Waals surface area contributed by atoms with Crippen molar-refractivity contribution >= 4 is 0 Å². The van der Waals surface area contributed by atoms with Crippen molar-refractivity contribution in [3.63, 3.8) is 0 Å². The number of hydrogen-bond acceptors (Lipinski definition) is 10. The van der Waals surface area contributed by atoms with Crippen molar-refractivity contribution in [1.29, 1.82) is 5.26 Å². The van der Waals surface area contributed by atoms with Gasteiger partial charge in [0.25, 0.3) is 0 Å². The van der Waals surface area contributed by atoms with Crippen molar-refractivity contribution in [1.82, 2.24) is 42.1 Å². The second kappa shape index (κ2) is 27.6. The molecule has 0 saturated carbocycles. The maximum Gasteiger partial charge on any atom is 0.0781 e. The molecule has 0 amide bonds. The summed E-state index contributed by atoms with van der Waals surface area (Å²) in [5, 5.41) is 35.5. The molecule has 8 unspecified atom stereocenters. The minimum Gasteiger partial charge on any atom is -0.403 e. The Balaban J connectivity index is 2.39. The number of nitrogens with one attached hydrogen (secondary N) is 7. The topological polar surface area (TPSA) is 137 Å². The van der Waals surface area contributed by atoms with Crippen LogP contribution in [0.1, 0.15) is 106 Å².